The zero-order valence-corrected chi connectivity index (χ0v) is 17.0. The van der Waals surface area contributed by atoms with Crippen LogP contribution in [0.4, 0.5) is 11.4 Å². The maximum atomic E-state index is 12.7. The first-order valence-electron chi connectivity index (χ1n) is 10.0. The SMILES string of the molecule is CC1CCC(NS(=O)(=O)c2ccc(N[C@H]3CCCC[C@@H]3O)c([N+](=O)[O-])c2)CC1. The van der Waals surface area contributed by atoms with E-state index in [1.165, 1.54) is 12.1 Å². The third-order valence-corrected chi connectivity index (χ3v) is 7.40. The molecule has 3 N–H and O–H groups in total. The van der Waals surface area contributed by atoms with Crippen LogP contribution in [0, 0.1) is 16.0 Å². The van der Waals surface area contributed by atoms with Gasteiger partial charge in [0.05, 0.1) is 22.0 Å². The number of nitrogens with zero attached hydrogens (tertiary/aromatic N) is 1. The summed E-state index contributed by atoms with van der Waals surface area (Å²) in [5.41, 5.74) is -0.0562. The summed E-state index contributed by atoms with van der Waals surface area (Å²) in [7, 11) is -3.83. The number of rotatable bonds is 6. The molecule has 28 heavy (non-hydrogen) atoms. The molecule has 0 spiro atoms. The Labute approximate surface area is 165 Å². The molecule has 1 aromatic rings. The average molecular weight is 412 g/mol. The molecule has 0 heterocycles. The summed E-state index contributed by atoms with van der Waals surface area (Å²) in [6, 6.07) is 3.52. The number of hydrogen-bond acceptors (Lipinski definition) is 6. The number of benzene rings is 1. The lowest BCUT2D eigenvalue weighted by molar-refractivity contribution is -0.384. The predicted molar refractivity (Wildman–Crippen MR) is 107 cm³/mol. The molecule has 8 nitrogen and oxygen atoms in total. The van der Waals surface area contributed by atoms with Gasteiger partial charge in [0, 0.05) is 12.1 Å². The fraction of sp³-hybridized carbons (Fsp3) is 0.684. The number of aliphatic hydroxyl groups is 1. The van der Waals surface area contributed by atoms with E-state index in [2.05, 4.69) is 17.0 Å². The van der Waals surface area contributed by atoms with E-state index in [1.807, 2.05) is 0 Å². The minimum absolute atomic E-state index is 0.104. The highest BCUT2D eigenvalue weighted by Crippen LogP contribution is 2.31. The van der Waals surface area contributed by atoms with Gasteiger partial charge in [-0.25, -0.2) is 13.1 Å². The average Bonchev–Trinajstić information content (AvgIpc) is 2.65. The first kappa shape index (κ1) is 21.0. The molecule has 1 aromatic carbocycles. The van der Waals surface area contributed by atoms with Crippen molar-refractivity contribution < 1.29 is 18.4 Å². The van der Waals surface area contributed by atoms with E-state index >= 15 is 0 Å². The lowest BCUT2D eigenvalue weighted by Crippen LogP contribution is -2.37. The molecule has 0 aliphatic heterocycles. The summed E-state index contributed by atoms with van der Waals surface area (Å²) in [5.74, 6) is 0.599. The monoisotopic (exact) mass is 411 g/mol. The number of anilines is 1. The summed E-state index contributed by atoms with van der Waals surface area (Å²) in [4.78, 5) is 10.8. The van der Waals surface area contributed by atoms with Crippen molar-refractivity contribution in [1.82, 2.24) is 4.72 Å². The summed E-state index contributed by atoms with van der Waals surface area (Å²) in [5, 5.41) is 24.7. The summed E-state index contributed by atoms with van der Waals surface area (Å²) in [6.07, 6.45) is 6.20. The Bertz CT molecular complexity index is 806. The Kier molecular flexibility index (Phi) is 6.57. The lowest BCUT2D eigenvalue weighted by atomic mass is 9.88. The van der Waals surface area contributed by atoms with Gasteiger partial charge in [-0.3, -0.25) is 10.1 Å². The van der Waals surface area contributed by atoms with Gasteiger partial charge in [0.2, 0.25) is 10.0 Å². The van der Waals surface area contributed by atoms with E-state index < -0.39 is 21.1 Å². The fourth-order valence-electron chi connectivity index (χ4n) is 4.10. The van der Waals surface area contributed by atoms with E-state index in [1.54, 1.807) is 0 Å². The van der Waals surface area contributed by atoms with Crippen LogP contribution in [0.5, 0.6) is 0 Å². The predicted octanol–water partition coefficient (Wildman–Crippen LogP) is 3.17. The molecule has 0 aromatic heterocycles. The van der Waals surface area contributed by atoms with Crippen molar-refractivity contribution in [3.05, 3.63) is 28.3 Å². The van der Waals surface area contributed by atoms with Crippen molar-refractivity contribution in [2.24, 2.45) is 5.92 Å². The number of aliphatic hydroxyl groups excluding tert-OH is 1. The standard InChI is InChI=1S/C19H29N3O5S/c1-13-6-8-14(9-7-13)21-28(26,27)15-10-11-16(18(12-15)22(24)25)20-17-4-2-3-5-19(17)23/h10-14,17,19-21,23H,2-9H2,1H3/t13?,14?,17-,19-/m0/s1. The van der Waals surface area contributed by atoms with Crippen molar-refractivity contribution >= 4 is 21.4 Å². The van der Waals surface area contributed by atoms with Gasteiger partial charge in [0.25, 0.3) is 5.69 Å². The molecule has 3 rings (SSSR count). The van der Waals surface area contributed by atoms with Crippen LogP contribution in [-0.2, 0) is 10.0 Å². The molecule has 0 unspecified atom stereocenters. The Morgan fingerprint density at radius 2 is 1.79 bits per heavy atom. The number of nitro groups is 1. The molecule has 0 radical (unpaired) electrons. The van der Waals surface area contributed by atoms with Gasteiger partial charge >= 0.3 is 0 Å². The highest BCUT2D eigenvalue weighted by atomic mass is 32.2. The van der Waals surface area contributed by atoms with Gasteiger partial charge < -0.3 is 10.4 Å². The van der Waals surface area contributed by atoms with Crippen molar-refractivity contribution in [2.75, 3.05) is 5.32 Å². The van der Waals surface area contributed by atoms with Gasteiger partial charge in [0.1, 0.15) is 5.69 Å². The van der Waals surface area contributed by atoms with E-state index in [0.717, 1.165) is 51.0 Å². The second kappa shape index (κ2) is 8.75. The Morgan fingerprint density at radius 1 is 1.11 bits per heavy atom. The Morgan fingerprint density at radius 3 is 2.43 bits per heavy atom. The first-order chi connectivity index (χ1) is 13.3. The maximum Gasteiger partial charge on any atom is 0.293 e. The van der Waals surface area contributed by atoms with Crippen LogP contribution in [0.3, 0.4) is 0 Å². The second-order valence-electron chi connectivity index (χ2n) is 8.12. The molecule has 0 amide bonds. The normalized spacial score (nSPS) is 28.6. The molecular weight excluding hydrogens is 382 g/mol. The van der Waals surface area contributed by atoms with Gasteiger partial charge in [0.15, 0.2) is 0 Å². The summed E-state index contributed by atoms with van der Waals surface area (Å²) < 4.78 is 28.1. The number of nitrogens with one attached hydrogen (secondary N) is 2. The minimum atomic E-state index is -3.83. The molecular formula is C19H29N3O5S. The maximum absolute atomic E-state index is 12.7. The third kappa shape index (κ3) is 5.01. The smallest absolute Gasteiger partial charge is 0.293 e. The van der Waals surface area contributed by atoms with Crippen LogP contribution in [0.1, 0.15) is 58.3 Å². The second-order valence-corrected chi connectivity index (χ2v) is 9.83. The number of nitro benzene ring substituents is 1. The van der Waals surface area contributed by atoms with Gasteiger partial charge in [-0.1, -0.05) is 19.8 Å². The Hall–Kier alpha value is -1.71. The topological polar surface area (TPSA) is 122 Å². The number of hydrogen-bond donors (Lipinski definition) is 3. The molecule has 2 aliphatic carbocycles. The van der Waals surface area contributed by atoms with Crippen molar-refractivity contribution in [2.45, 2.75) is 81.4 Å². The van der Waals surface area contributed by atoms with E-state index in [9.17, 15) is 23.6 Å². The van der Waals surface area contributed by atoms with Crippen LogP contribution in [0.15, 0.2) is 23.1 Å². The highest BCUT2D eigenvalue weighted by Gasteiger charge is 2.29. The molecule has 2 fully saturated rings. The van der Waals surface area contributed by atoms with Gasteiger partial charge in [-0.15, -0.1) is 0 Å². The van der Waals surface area contributed by atoms with E-state index in [0.29, 0.717) is 12.3 Å². The molecule has 0 saturated heterocycles. The molecule has 2 atom stereocenters. The highest BCUT2D eigenvalue weighted by molar-refractivity contribution is 7.89. The van der Waals surface area contributed by atoms with Crippen molar-refractivity contribution in [3.8, 4) is 0 Å². The van der Waals surface area contributed by atoms with E-state index in [-0.39, 0.29) is 28.4 Å². The third-order valence-electron chi connectivity index (χ3n) is 5.88. The molecule has 9 heteroatoms. The van der Waals surface area contributed by atoms with Crippen LogP contribution < -0.4 is 10.0 Å². The van der Waals surface area contributed by atoms with Crippen molar-refractivity contribution in [1.29, 1.82) is 0 Å². The Balaban J connectivity index is 1.78. The largest absolute Gasteiger partial charge is 0.391 e. The van der Waals surface area contributed by atoms with Crippen LogP contribution in [0.25, 0.3) is 0 Å². The molecule has 2 aliphatic rings. The lowest BCUT2D eigenvalue weighted by Gasteiger charge is -2.29. The number of sulfonamides is 1. The quantitative estimate of drug-likeness (QED) is 0.488. The van der Waals surface area contributed by atoms with Crippen molar-refractivity contribution in [3.63, 3.8) is 0 Å². The fourth-order valence-corrected chi connectivity index (χ4v) is 5.42. The van der Waals surface area contributed by atoms with Crippen LogP contribution in [-0.4, -0.2) is 36.6 Å². The molecule has 0 bridgehead atoms. The van der Waals surface area contributed by atoms with Crippen LogP contribution in [0.2, 0.25) is 0 Å². The summed E-state index contributed by atoms with van der Waals surface area (Å²) >= 11 is 0. The van der Waals surface area contributed by atoms with Gasteiger partial charge in [-0.2, -0.15) is 0 Å². The zero-order valence-electron chi connectivity index (χ0n) is 16.1. The summed E-state index contributed by atoms with van der Waals surface area (Å²) in [6.45, 7) is 2.16. The van der Waals surface area contributed by atoms with Crippen LogP contribution >= 0.6 is 0 Å². The minimum Gasteiger partial charge on any atom is -0.391 e. The zero-order chi connectivity index (χ0) is 20.3. The van der Waals surface area contributed by atoms with Gasteiger partial charge in [-0.05, 0) is 56.6 Å². The molecule has 156 valence electrons. The van der Waals surface area contributed by atoms with E-state index in [4.69, 9.17) is 0 Å². The molecule has 2 saturated carbocycles. The first-order valence-corrected chi connectivity index (χ1v) is 11.5.